The number of methoxy groups -OCH3 is 1. The van der Waals surface area contributed by atoms with E-state index in [0.29, 0.717) is 18.7 Å². The molecule has 0 spiro atoms. The summed E-state index contributed by atoms with van der Waals surface area (Å²) in [4.78, 5) is 24.8. The van der Waals surface area contributed by atoms with E-state index in [9.17, 15) is 23.1 Å². The standard InChI is InChI=1S/C15H20N2O6S/c1-10(18)14(15(20)23-2)16-24(21,22)12-7-5-11(6-8-12)17-9-3-4-13(17)19/h5-8,10,14,16,18H,3-4,9H2,1-2H3/t10-,14+/m1/s1. The second-order valence-corrected chi connectivity index (χ2v) is 7.22. The summed E-state index contributed by atoms with van der Waals surface area (Å²) in [5.41, 5.74) is 0.622. The third-order valence-electron chi connectivity index (χ3n) is 3.75. The molecule has 0 bridgehead atoms. The second-order valence-electron chi connectivity index (χ2n) is 5.51. The summed E-state index contributed by atoms with van der Waals surface area (Å²) in [6, 6.07) is 4.36. The number of benzene rings is 1. The first-order chi connectivity index (χ1) is 11.3. The van der Waals surface area contributed by atoms with Crippen LogP contribution < -0.4 is 9.62 Å². The van der Waals surface area contributed by atoms with Gasteiger partial charge >= 0.3 is 5.97 Å². The number of aliphatic hydroxyl groups is 1. The zero-order valence-corrected chi connectivity index (χ0v) is 14.2. The molecule has 1 heterocycles. The zero-order valence-electron chi connectivity index (χ0n) is 13.4. The van der Waals surface area contributed by atoms with E-state index in [1.165, 1.54) is 31.2 Å². The van der Waals surface area contributed by atoms with Gasteiger partial charge in [0.05, 0.1) is 18.1 Å². The van der Waals surface area contributed by atoms with Crippen molar-refractivity contribution in [1.82, 2.24) is 4.72 Å². The maximum absolute atomic E-state index is 12.4. The number of nitrogens with zero attached hydrogens (tertiary/aromatic N) is 1. The number of aliphatic hydroxyl groups excluding tert-OH is 1. The molecular weight excluding hydrogens is 336 g/mol. The highest BCUT2D eigenvalue weighted by molar-refractivity contribution is 7.89. The van der Waals surface area contributed by atoms with Gasteiger partial charge in [-0.1, -0.05) is 0 Å². The van der Waals surface area contributed by atoms with Crippen molar-refractivity contribution in [3.05, 3.63) is 24.3 Å². The smallest absolute Gasteiger partial charge is 0.326 e. The molecule has 2 atom stereocenters. The van der Waals surface area contributed by atoms with E-state index in [-0.39, 0.29) is 10.8 Å². The Bertz CT molecular complexity index is 714. The van der Waals surface area contributed by atoms with Crippen LogP contribution in [-0.2, 0) is 24.3 Å². The van der Waals surface area contributed by atoms with E-state index < -0.39 is 28.1 Å². The van der Waals surface area contributed by atoms with Crippen LogP contribution in [0.4, 0.5) is 5.69 Å². The number of rotatable bonds is 6. The van der Waals surface area contributed by atoms with Crippen molar-refractivity contribution in [3.63, 3.8) is 0 Å². The van der Waals surface area contributed by atoms with Gasteiger partial charge in [-0.05, 0) is 37.6 Å². The molecule has 8 nitrogen and oxygen atoms in total. The average Bonchev–Trinajstić information content (AvgIpc) is 2.98. The summed E-state index contributed by atoms with van der Waals surface area (Å²) in [7, 11) is -2.92. The van der Waals surface area contributed by atoms with Crippen molar-refractivity contribution < 1.29 is 27.9 Å². The van der Waals surface area contributed by atoms with Crippen LogP contribution in [0.5, 0.6) is 0 Å². The van der Waals surface area contributed by atoms with Gasteiger partial charge in [-0.15, -0.1) is 0 Å². The summed E-state index contributed by atoms with van der Waals surface area (Å²) in [6.07, 6.45) is 0.000574. The Morgan fingerprint density at radius 2 is 1.96 bits per heavy atom. The molecule has 1 aromatic rings. The van der Waals surface area contributed by atoms with Gasteiger partial charge in [-0.2, -0.15) is 4.72 Å². The van der Waals surface area contributed by atoms with Gasteiger partial charge in [0.25, 0.3) is 0 Å². The number of carbonyl (C=O) groups excluding carboxylic acids is 2. The van der Waals surface area contributed by atoms with E-state index in [1.807, 2.05) is 0 Å². The maximum atomic E-state index is 12.4. The number of hydrogen-bond donors (Lipinski definition) is 2. The van der Waals surface area contributed by atoms with Gasteiger partial charge in [0, 0.05) is 18.7 Å². The first-order valence-electron chi connectivity index (χ1n) is 7.45. The van der Waals surface area contributed by atoms with Crippen molar-refractivity contribution in [2.24, 2.45) is 0 Å². The van der Waals surface area contributed by atoms with E-state index in [0.717, 1.165) is 13.5 Å². The van der Waals surface area contributed by atoms with Gasteiger partial charge < -0.3 is 14.7 Å². The van der Waals surface area contributed by atoms with Crippen molar-refractivity contribution in [1.29, 1.82) is 0 Å². The zero-order chi connectivity index (χ0) is 17.9. The molecule has 1 aromatic carbocycles. The lowest BCUT2D eigenvalue weighted by Gasteiger charge is -2.19. The largest absolute Gasteiger partial charge is 0.468 e. The first kappa shape index (κ1) is 18.4. The summed E-state index contributed by atoms with van der Waals surface area (Å²) >= 11 is 0. The van der Waals surface area contributed by atoms with Crippen LogP contribution in [0.1, 0.15) is 19.8 Å². The highest BCUT2D eigenvalue weighted by Gasteiger charge is 2.30. The van der Waals surface area contributed by atoms with Gasteiger partial charge in [0.1, 0.15) is 6.04 Å². The normalized spacial score (nSPS) is 17.6. The summed E-state index contributed by atoms with van der Waals surface area (Å²) in [5.74, 6) is -0.878. The number of anilines is 1. The number of ether oxygens (including phenoxy) is 1. The van der Waals surface area contributed by atoms with Crippen molar-refractivity contribution >= 4 is 27.6 Å². The summed E-state index contributed by atoms with van der Waals surface area (Å²) in [5, 5.41) is 9.57. The SMILES string of the molecule is COC(=O)[C@@H](NS(=O)(=O)c1ccc(N2CCCC2=O)cc1)[C@@H](C)O. The molecule has 1 fully saturated rings. The Labute approximate surface area is 140 Å². The Morgan fingerprint density at radius 1 is 1.33 bits per heavy atom. The molecule has 24 heavy (non-hydrogen) atoms. The van der Waals surface area contributed by atoms with E-state index in [2.05, 4.69) is 9.46 Å². The van der Waals surface area contributed by atoms with Gasteiger partial charge in [0.15, 0.2) is 0 Å². The Morgan fingerprint density at radius 3 is 2.42 bits per heavy atom. The number of carbonyl (C=O) groups is 2. The van der Waals surface area contributed by atoms with E-state index in [1.54, 1.807) is 4.90 Å². The Hall–Kier alpha value is -1.97. The molecule has 0 saturated carbocycles. The molecule has 2 rings (SSSR count). The minimum Gasteiger partial charge on any atom is -0.468 e. The van der Waals surface area contributed by atoms with Crippen LogP contribution in [0.3, 0.4) is 0 Å². The van der Waals surface area contributed by atoms with Crippen LogP contribution in [0.2, 0.25) is 0 Å². The number of amides is 1. The first-order valence-corrected chi connectivity index (χ1v) is 8.93. The molecule has 1 aliphatic heterocycles. The molecule has 0 aromatic heterocycles. The molecule has 132 valence electrons. The average molecular weight is 356 g/mol. The molecule has 0 radical (unpaired) electrons. The van der Waals surface area contributed by atoms with Gasteiger partial charge in [-0.25, -0.2) is 8.42 Å². The molecule has 0 aliphatic carbocycles. The number of esters is 1. The van der Waals surface area contributed by atoms with Crippen LogP contribution in [0.25, 0.3) is 0 Å². The number of hydrogen-bond acceptors (Lipinski definition) is 6. The molecule has 1 amide bonds. The second kappa shape index (κ2) is 7.29. The Kier molecular flexibility index (Phi) is 5.58. The molecule has 0 unspecified atom stereocenters. The summed E-state index contributed by atoms with van der Waals surface area (Å²) < 4.78 is 31.3. The third kappa shape index (κ3) is 3.92. The molecule has 1 aliphatic rings. The van der Waals surface area contributed by atoms with Crippen LogP contribution in [-0.4, -0.2) is 51.2 Å². The van der Waals surface area contributed by atoms with Gasteiger partial charge in [-0.3, -0.25) is 9.59 Å². The molecular formula is C15H20N2O6S. The maximum Gasteiger partial charge on any atom is 0.326 e. The molecule has 9 heteroatoms. The monoisotopic (exact) mass is 356 g/mol. The third-order valence-corrected chi connectivity index (χ3v) is 5.21. The van der Waals surface area contributed by atoms with Crippen molar-refractivity contribution in [2.75, 3.05) is 18.6 Å². The van der Waals surface area contributed by atoms with Crippen molar-refractivity contribution in [2.45, 2.75) is 36.8 Å². The Balaban J connectivity index is 2.20. The molecule has 2 N–H and O–H groups in total. The fourth-order valence-electron chi connectivity index (χ4n) is 2.43. The summed E-state index contributed by atoms with van der Waals surface area (Å²) in [6.45, 7) is 1.89. The van der Waals surface area contributed by atoms with Gasteiger partial charge in [0.2, 0.25) is 15.9 Å². The topological polar surface area (TPSA) is 113 Å². The number of sulfonamides is 1. The minimum atomic E-state index is -4.03. The minimum absolute atomic E-state index is 0.00333. The lowest BCUT2D eigenvalue weighted by molar-refractivity contribution is -0.145. The predicted octanol–water partition coefficient (Wildman–Crippen LogP) is 0.0141. The molecule has 1 saturated heterocycles. The predicted molar refractivity (Wildman–Crippen MR) is 85.8 cm³/mol. The fraction of sp³-hybridized carbons (Fsp3) is 0.467. The lowest BCUT2D eigenvalue weighted by atomic mass is 10.2. The van der Waals surface area contributed by atoms with Crippen LogP contribution in [0.15, 0.2) is 29.2 Å². The highest BCUT2D eigenvalue weighted by atomic mass is 32.2. The quantitative estimate of drug-likeness (QED) is 0.695. The van der Waals surface area contributed by atoms with Crippen LogP contribution >= 0.6 is 0 Å². The lowest BCUT2D eigenvalue weighted by Crippen LogP contribution is -2.48. The highest BCUT2D eigenvalue weighted by Crippen LogP contribution is 2.23. The number of nitrogens with one attached hydrogen (secondary N) is 1. The fourth-order valence-corrected chi connectivity index (χ4v) is 3.69. The van der Waals surface area contributed by atoms with Crippen molar-refractivity contribution in [3.8, 4) is 0 Å². The van der Waals surface area contributed by atoms with E-state index in [4.69, 9.17) is 0 Å². The van der Waals surface area contributed by atoms with E-state index >= 15 is 0 Å². The van der Waals surface area contributed by atoms with Crippen LogP contribution in [0, 0.1) is 0 Å².